The highest BCUT2D eigenvalue weighted by molar-refractivity contribution is 6.33. The number of nitrogens with zero attached hydrogens (tertiary/aromatic N) is 4. The number of aliphatic hydroxyl groups excluding tert-OH is 1. The van der Waals surface area contributed by atoms with E-state index in [9.17, 15) is 14.3 Å². The number of nitrogens with one attached hydrogen (secondary N) is 1. The molecule has 7 nitrogen and oxygen atoms in total. The molecule has 0 bridgehead atoms. The zero-order valence-corrected chi connectivity index (χ0v) is 21.5. The molecule has 3 heterocycles. The van der Waals surface area contributed by atoms with E-state index in [-0.39, 0.29) is 17.5 Å². The Labute approximate surface area is 223 Å². The average molecular weight is 540 g/mol. The number of carbonyl (C=O) groups is 1. The van der Waals surface area contributed by atoms with Crippen LogP contribution >= 0.6 is 23.2 Å². The molecule has 0 spiro atoms. The lowest BCUT2D eigenvalue weighted by atomic mass is 10.0. The second kappa shape index (κ2) is 10.5. The molecule has 2 N–H and O–H groups in total. The third-order valence-electron chi connectivity index (χ3n) is 6.38. The summed E-state index contributed by atoms with van der Waals surface area (Å²) in [6.07, 6.45) is 4.32. The quantitative estimate of drug-likeness (QED) is 0.313. The zero-order valence-electron chi connectivity index (χ0n) is 20.0. The van der Waals surface area contributed by atoms with Crippen LogP contribution in [-0.2, 0) is 6.54 Å². The predicted octanol–water partition coefficient (Wildman–Crippen LogP) is 6.02. The Morgan fingerprint density at radius 3 is 2.76 bits per heavy atom. The SMILES string of the molecule is Cc1cnc(Nc2ccc(F)cc2Cl)nc1-c1cc2n(c1)CCCN([C@H](CO)c1cccc(Cl)c1)C2=O. The number of fused-ring (bicyclic) bond motifs is 1. The highest BCUT2D eigenvalue weighted by Crippen LogP contribution is 2.31. The van der Waals surface area contributed by atoms with E-state index in [1.54, 1.807) is 23.2 Å². The molecule has 37 heavy (non-hydrogen) atoms. The van der Waals surface area contributed by atoms with Crippen molar-refractivity contribution in [2.75, 3.05) is 18.5 Å². The number of aryl methyl sites for hydroxylation is 2. The van der Waals surface area contributed by atoms with Gasteiger partial charge in [-0.1, -0.05) is 35.3 Å². The van der Waals surface area contributed by atoms with Crippen LogP contribution in [0.5, 0.6) is 0 Å². The summed E-state index contributed by atoms with van der Waals surface area (Å²) >= 11 is 12.3. The van der Waals surface area contributed by atoms with Crippen LogP contribution in [0.3, 0.4) is 0 Å². The molecule has 5 rings (SSSR count). The molecule has 0 saturated heterocycles. The first kappa shape index (κ1) is 25.2. The highest BCUT2D eigenvalue weighted by atomic mass is 35.5. The number of anilines is 2. The van der Waals surface area contributed by atoms with Crippen molar-refractivity contribution in [2.24, 2.45) is 0 Å². The maximum atomic E-state index is 13.7. The Kier molecular flexibility index (Phi) is 7.15. The van der Waals surface area contributed by atoms with E-state index in [1.165, 1.54) is 18.2 Å². The third kappa shape index (κ3) is 5.18. The van der Waals surface area contributed by atoms with E-state index in [0.29, 0.717) is 41.1 Å². The maximum Gasteiger partial charge on any atom is 0.271 e. The van der Waals surface area contributed by atoms with Crippen LogP contribution in [0.1, 0.15) is 34.1 Å². The lowest BCUT2D eigenvalue weighted by molar-refractivity contribution is 0.0595. The third-order valence-corrected chi connectivity index (χ3v) is 6.93. The van der Waals surface area contributed by atoms with Gasteiger partial charge in [-0.05, 0) is 60.9 Å². The summed E-state index contributed by atoms with van der Waals surface area (Å²) in [6.45, 7) is 2.83. The van der Waals surface area contributed by atoms with Gasteiger partial charge in [0.25, 0.3) is 5.91 Å². The summed E-state index contributed by atoms with van der Waals surface area (Å²) in [6, 6.07) is 12.6. The molecule has 1 aliphatic rings. The first-order valence-corrected chi connectivity index (χ1v) is 12.5. The number of benzene rings is 2. The molecular formula is C27H24Cl2FN5O2. The van der Waals surface area contributed by atoms with Crippen molar-refractivity contribution in [2.45, 2.75) is 25.9 Å². The van der Waals surface area contributed by atoms with Gasteiger partial charge in [-0.3, -0.25) is 4.79 Å². The van der Waals surface area contributed by atoms with Gasteiger partial charge in [-0.15, -0.1) is 0 Å². The molecule has 0 unspecified atom stereocenters. The van der Waals surface area contributed by atoms with Crippen LogP contribution in [0.25, 0.3) is 11.3 Å². The number of amides is 1. The van der Waals surface area contributed by atoms with E-state index in [2.05, 4.69) is 15.3 Å². The van der Waals surface area contributed by atoms with Crippen LogP contribution in [0.2, 0.25) is 10.0 Å². The van der Waals surface area contributed by atoms with Gasteiger partial charge in [0, 0.05) is 36.1 Å². The molecule has 1 atom stereocenters. The van der Waals surface area contributed by atoms with Crippen molar-refractivity contribution < 1.29 is 14.3 Å². The van der Waals surface area contributed by atoms with E-state index in [0.717, 1.165) is 23.1 Å². The van der Waals surface area contributed by atoms with Gasteiger partial charge in [0.1, 0.15) is 11.5 Å². The fourth-order valence-electron chi connectivity index (χ4n) is 4.57. The number of hydrogen-bond donors (Lipinski definition) is 2. The van der Waals surface area contributed by atoms with Crippen molar-refractivity contribution in [1.29, 1.82) is 0 Å². The molecule has 0 saturated carbocycles. The number of aliphatic hydroxyl groups is 1. The molecule has 190 valence electrons. The molecule has 1 aliphatic heterocycles. The van der Waals surface area contributed by atoms with Gasteiger partial charge < -0.3 is 19.9 Å². The fraction of sp³-hybridized carbons (Fsp3) is 0.222. The average Bonchev–Trinajstić information content (AvgIpc) is 3.23. The first-order chi connectivity index (χ1) is 17.8. The van der Waals surface area contributed by atoms with Gasteiger partial charge in [0.05, 0.1) is 29.1 Å². The van der Waals surface area contributed by atoms with Gasteiger partial charge in [0.15, 0.2) is 0 Å². The molecule has 4 aromatic rings. The Hall–Kier alpha value is -3.46. The number of rotatable bonds is 6. The molecule has 2 aromatic heterocycles. The van der Waals surface area contributed by atoms with Crippen LogP contribution in [0.4, 0.5) is 16.0 Å². The Morgan fingerprint density at radius 2 is 2.00 bits per heavy atom. The molecule has 0 aliphatic carbocycles. The Bertz CT molecular complexity index is 1480. The van der Waals surface area contributed by atoms with Gasteiger partial charge in [-0.2, -0.15) is 0 Å². The van der Waals surface area contributed by atoms with Crippen LogP contribution in [0, 0.1) is 12.7 Å². The van der Waals surface area contributed by atoms with Crippen molar-refractivity contribution >= 4 is 40.7 Å². The van der Waals surface area contributed by atoms with Crippen molar-refractivity contribution in [3.63, 3.8) is 0 Å². The van der Waals surface area contributed by atoms with Gasteiger partial charge in [-0.25, -0.2) is 14.4 Å². The molecule has 1 amide bonds. The van der Waals surface area contributed by atoms with Crippen LogP contribution in [-0.4, -0.2) is 43.6 Å². The minimum atomic E-state index is -0.506. The Morgan fingerprint density at radius 1 is 1.16 bits per heavy atom. The number of aromatic nitrogens is 3. The van der Waals surface area contributed by atoms with Crippen molar-refractivity contribution in [3.05, 3.63) is 93.6 Å². The van der Waals surface area contributed by atoms with Crippen LogP contribution in [0.15, 0.2) is 60.9 Å². The standard InChI is InChI=1S/C27H24Cl2FN5O2/c1-16-13-31-27(32-22-7-6-20(30)12-21(22)29)33-25(16)18-11-23-26(37)35(9-3-8-34(23)14-18)24(15-36)17-4-2-5-19(28)10-17/h2,4-7,10-14,24,36H,3,8-9,15H2,1H3,(H,31,32,33)/t24-/m1/s1. The first-order valence-electron chi connectivity index (χ1n) is 11.8. The molecule has 0 fully saturated rings. The lowest BCUT2D eigenvalue weighted by Gasteiger charge is -2.29. The van der Waals surface area contributed by atoms with Gasteiger partial charge >= 0.3 is 0 Å². The molecule has 10 heteroatoms. The zero-order chi connectivity index (χ0) is 26.1. The molecule has 2 aromatic carbocycles. The summed E-state index contributed by atoms with van der Waals surface area (Å²) in [5.41, 5.74) is 4.03. The van der Waals surface area contributed by atoms with E-state index >= 15 is 0 Å². The number of carbonyl (C=O) groups excluding carboxylic acids is 1. The normalized spacial score (nSPS) is 14.3. The smallest absolute Gasteiger partial charge is 0.271 e. The van der Waals surface area contributed by atoms with Gasteiger partial charge in [0.2, 0.25) is 5.95 Å². The summed E-state index contributed by atoms with van der Waals surface area (Å²) < 4.78 is 15.3. The van der Waals surface area contributed by atoms with E-state index in [1.807, 2.05) is 35.9 Å². The largest absolute Gasteiger partial charge is 0.394 e. The van der Waals surface area contributed by atoms with Crippen LogP contribution < -0.4 is 5.32 Å². The minimum Gasteiger partial charge on any atom is -0.394 e. The van der Waals surface area contributed by atoms with Crippen molar-refractivity contribution in [3.8, 4) is 11.3 Å². The second-order valence-corrected chi connectivity index (χ2v) is 9.73. The van der Waals surface area contributed by atoms with E-state index in [4.69, 9.17) is 23.2 Å². The number of halogens is 3. The maximum absolute atomic E-state index is 13.7. The highest BCUT2D eigenvalue weighted by Gasteiger charge is 2.30. The summed E-state index contributed by atoms with van der Waals surface area (Å²) in [4.78, 5) is 24.3. The molecular weight excluding hydrogens is 516 g/mol. The minimum absolute atomic E-state index is 0.175. The Balaban J connectivity index is 1.46. The monoisotopic (exact) mass is 539 g/mol. The predicted molar refractivity (Wildman–Crippen MR) is 142 cm³/mol. The van der Waals surface area contributed by atoms with E-state index < -0.39 is 11.9 Å². The molecule has 0 radical (unpaired) electrons. The lowest BCUT2D eigenvalue weighted by Crippen LogP contribution is -2.36. The topological polar surface area (TPSA) is 83.3 Å². The summed E-state index contributed by atoms with van der Waals surface area (Å²) in [5.74, 6) is -0.315. The number of hydrogen-bond acceptors (Lipinski definition) is 5. The summed E-state index contributed by atoms with van der Waals surface area (Å²) in [7, 11) is 0. The van der Waals surface area contributed by atoms with Crippen molar-refractivity contribution in [1.82, 2.24) is 19.4 Å². The fourth-order valence-corrected chi connectivity index (χ4v) is 4.98. The second-order valence-electron chi connectivity index (χ2n) is 8.89. The summed E-state index contributed by atoms with van der Waals surface area (Å²) in [5, 5.41) is 14.0.